The van der Waals surface area contributed by atoms with Crippen LogP contribution >= 0.6 is 0 Å². The van der Waals surface area contributed by atoms with Gasteiger partial charge in [0.2, 0.25) is 0 Å². The van der Waals surface area contributed by atoms with Crippen molar-refractivity contribution in [1.29, 1.82) is 0 Å². The molecule has 0 bridgehead atoms. The molecule has 1 saturated heterocycles. The number of carbonyl (C=O) groups excluding carboxylic acids is 1. The van der Waals surface area contributed by atoms with E-state index in [0.717, 1.165) is 25.2 Å². The van der Waals surface area contributed by atoms with Gasteiger partial charge < -0.3 is 15.4 Å². The molecule has 1 amide bonds. The lowest BCUT2D eigenvalue weighted by Gasteiger charge is -2.16. The molecule has 98 valence electrons. The smallest absolute Gasteiger partial charge is 0.253 e. The molecule has 1 unspecified atom stereocenters. The molecule has 0 aliphatic carbocycles. The van der Waals surface area contributed by atoms with Gasteiger partial charge in [-0.15, -0.1) is 0 Å². The molecule has 1 aromatic rings. The highest BCUT2D eigenvalue weighted by atomic mass is 16.5. The first-order valence-corrected chi connectivity index (χ1v) is 6.17. The molecule has 0 radical (unpaired) electrons. The van der Waals surface area contributed by atoms with Crippen LogP contribution in [0.2, 0.25) is 0 Å². The fourth-order valence-electron chi connectivity index (χ4n) is 2.29. The van der Waals surface area contributed by atoms with Crippen LogP contribution in [0.25, 0.3) is 0 Å². The number of aromatic nitrogens is 1. The summed E-state index contributed by atoms with van der Waals surface area (Å²) in [5.41, 5.74) is 6.94. The molecule has 5 nitrogen and oxygen atoms in total. The highest BCUT2D eigenvalue weighted by Gasteiger charge is 2.26. The standard InChI is InChI=1S/C13H19N3O2/c1-18-9-10-3-5-16(8-10)13(17)11-2-4-15-12(6-11)7-14/h2,4,6,10H,3,5,7-9,14H2,1H3. The molecule has 2 rings (SSSR count). The number of methoxy groups -OCH3 is 1. The highest BCUT2D eigenvalue weighted by molar-refractivity contribution is 5.94. The van der Waals surface area contributed by atoms with E-state index in [9.17, 15) is 4.79 Å². The Morgan fingerprint density at radius 1 is 1.67 bits per heavy atom. The second-order valence-electron chi connectivity index (χ2n) is 4.60. The van der Waals surface area contributed by atoms with Gasteiger partial charge in [-0.3, -0.25) is 9.78 Å². The molecule has 0 saturated carbocycles. The number of pyridine rings is 1. The summed E-state index contributed by atoms with van der Waals surface area (Å²) in [4.78, 5) is 18.3. The lowest BCUT2D eigenvalue weighted by Crippen LogP contribution is -2.29. The van der Waals surface area contributed by atoms with Gasteiger partial charge in [0, 0.05) is 44.4 Å². The Morgan fingerprint density at radius 2 is 2.50 bits per heavy atom. The van der Waals surface area contributed by atoms with Crippen molar-refractivity contribution < 1.29 is 9.53 Å². The number of amides is 1. The molecule has 2 N–H and O–H groups in total. The van der Waals surface area contributed by atoms with Crippen LogP contribution in [0.1, 0.15) is 22.5 Å². The predicted octanol–water partition coefficient (Wildman–Crippen LogP) is 0.649. The maximum atomic E-state index is 12.3. The quantitative estimate of drug-likeness (QED) is 0.850. The van der Waals surface area contributed by atoms with E-state index in [4.69, 9.17) is 10.5 Å². The molecule has 1 aliphatic rings. The minimum absolute atomic E-state index is 0.0608. The second kappa shape index (κ2) is 5.93. The van der Waals surface area contributed by atoms with Crippen LogP contribution in [-0.4, -0.2) is 42.6 Å². The molecule has 1 aromatic heterocycles. The van der Waals surface area contributed by atoms with Gasteiger partial charge in [0.15, 0.2) is 0 Å². The number of hydrogen-bond donors (Lipinski definition) is 1. The first kappa shape index (κ1) is 13.0. The maximum absolute atomic E-state index is 12.3. The van der Waals surface area contributed by atoms with Crippen LogP contribution in [0.4, 0.5) is 0 Å². The molecule has 1 aliphatic heterocycles. The Labute approximate surface area is 107 Å². The SMILES string of the molecule is COCC1CCN(C(=O)c2ccnc(CN)c2)C1. The monoisotopic (exact) mass is 249 g/mol. The Kier molecular flexibility index (Phi) is 4.28. The Bertz CT molecular complexity index is 422. The van der Waals surface area contributed by atoms with Gasteiger partial charge in [0.05, 0.1) is 12.3 Å². The van der Waals surface area contributed by atoms with Gasteiger partial charge in [0.1, 0.15) is 0 Å². The summed E-state index contributed by atoms with van der Waals surface area (Å²) in [7, 11) is 1.70. The average molecular weight is 249 g/mol. The lowest BCUT2D eigenvalue weighted by molar-refractivity contribution is 0.0775. The molecule has 1 fully saturated rings. The van der Waals surface area contributed by atoms with Crippen LogP contribution in [0.15, 0.2) is 18.3 Å². The molecule has 1 atom stereocenters. The second-order valence-corrected chi connectivity index (χ2v) is 4.60. The normalized spacial score (nSPS) is 19.2. The molecule has 0 spiro atoms. The van der Waals surface area contributed by atoms with E-state index >= 15 is 0 Å². The minimum Gasteiger partial charge on any atom is -0.384 e. The Morgan fingerprint density at radius 3 is 3.22 bits per heavy atom. The first-order valence-electron chi connectivity index (χ1n) is 6.17. The van der Waals surface area contributed by atoms with Gasteiger partial charge in [-0.25, -0.2) is 0 Å². The molecule has 0 aromatic carbocycles. The molecule has 18 heavy (non-hydrogen) atoms. The van der Waals surface area contributed by atoms with E-state index in [-0.39, 0.29) is 5.91 Å². The Balaban J connectivity index is 2.03. The number of carbonyl (C=O) groups is 1. The highest BCUT2D eigenvalue weighted by Crippen LogP contribution is 2.19. The molecular formula is C13H19N3O2. The summed E-state index contributed by atoms with van der Waals surface area (Å²) in [6, 6.07) is 3.51. The topological polar surface area (TPSA) is 68.5 Å². The van der Waals surface area contributed by atoms with Crippen molar-refractivity contribution in [2.45, 2.75) is 13.0 Å². The van der Waals surface area contributed by atoms with E-state index in [2.05, 4.69) is 4.98 Å². The van der Waals surface area contributed by atoms with Crippen molar-refractivity contribution in [1.82, 2.24) is 9.88 Å². The summed E-state index contributed by atoms with van der Waals surface area (Å²) in [6.45, 7) is 2.64. The number of nitrogens with zero attached hydrogens (tertiary/aromatic N) is 2. The van der Waals surface area contributed by atoms with E-state index in [1.165, 1.54) is 0 Å². The minimum atomic E-state index is 0.0608. The summed E-state index contributed by atoms with van der Waals surface area (Å²) in [6.07, 6.45) is 2.65. The number of likely N-dealkylation sites (tertiary alicyclic amines) is 1. The number of nitrogens with two attached hydrogens (primary N) is 1. The van der Waals surface area contributed by atoms with Crippen LogP contribution in [-0.2, 0) is 11.3 Å². The first-order chi connectivity index (χ1) is 8.74. The summed E-state index contributed by atoms with van der Waals surface area (Å²) in [5, 5.41) is 0. The lowest BCUT2D eigenvalue weighted by atomic mass is 10.1. The van der Waals surface area contributed by atoms with E-state index in [1.54, 1.807) is 25.4 Å². The van der Waals surface area contributed by atoms with Crippen LogP contribution in [0, 0.1) is 5.92 Å². The van der Waals surface area contributed by atoms with E-state index in [0.29, 0.717) is 24.6 Å². The summed E-state index contributed by atoms with van der Waals surface area (Å²) < 4.78 is 5.13. The van der Waals surface area contributed by atoms with Gasteiger partial charge in [-0.1, -0.05) is 0 Å². The van der Waals surface area contributed by atoms with E-state index in [1.807, 2.05) is 4.90 Å². The number of ether oxygens (including phenoxy) is 1. The zero-order valence-electron chi connectivity index (χ0n) is 10.6. The third-order valence-corrected chi connectivity index (χ3v) is 3.25. The van der Waals surface area contributed by atoms with E-state index < -0.39 is 0 Å². The molecule has 2 heterocycles. The Hall–Kier alpha value is -1.46. The predicted molar refractivity (Wildman–Crippen MR) is 68.0 cm³/mol. The van der Waals surface area contributed by atoms with Crippen LogP contribution in [0.3, 0.4) is 0 Å². The van der Waals surface area contributed by atoms with Crippen LogP contribution in [0.5, 0.6) is 0 Å². The molecular weight excluding hydrogens is 230 g/mol. The molecule has 5 heteroatoms. The van der Waals surface area contributed by atoms with Crippen molar-refractivity contribution in [3.63, 3.8) is 0 Å². The third-order valence-electron chi connectivity index (χ3n) is 3.25. The fourth-order valence-corrected chi connectivity index (χ4v) is 2.29. The zero-order chi connectivity index (χ0) is 13.0. The van der Waals surface area contributed by atoms with Crippen molar-refractivity contribution >= 4 is 5.91 Å². The van der Waals surface area contributed by atoms with Crippen molar-refractivity contribution in [3.8, 4) is 0 Å². The average Bonchev–Trinajstić information content (AvgIpc) is 2.87. The maximum Gasteiger partial charge on any atom is 0.253 e. The van der Waals surface area contributed by atoms with Gasteiger partial charge >= 0.3 is 0 Å². The third kappa shape index (κ3) is 2.86. The van der Waals surface area contributed by atoms with Crippen molar-refractivity contribution in [2.24, 2.45) is 11.7 Å². The van der Waals surface area contributed by atoms with Gasteiger partial charge in [-0.2, -0.15) is 0 Å². The zero-order valence-corrected chi connectivity index (χ0v) is 10.6. The van der Waals surface area contributed by atoms with Gasteiger partial charge in [0.25, 0.3) is 5.91 Å². The largest absolute Gasteiger partial charge is 0.384 e. The number of rotatable bonds is 4. The van der Waals surface area contributed by atoms with Crippen LogP contribution < -0.4 is 5.73 Å². The van der Waals surface area contributed by atoms with Crippen molar-refractivity contribution in [2.75, 3.05) is 26.8 Å². The van der Waals surface area contributed by atoms with Gasteiger partial charge in [-0.05, 0) is 18.6 Å². The summed E-state index contributed by atoms with van der Waals surface area (Å²) >= 11 is 0. The fraction of sp³-hybridized carbons (Fsp3) is 0.538. The number of hydrogen-bond acceptors (Lipinski definition) is 4. The van der Waals surface area contributed by atoms with Crippen molar-refractivity contribution in [3.05, 3.63) is 29.6 Å². The summed E-state index contributed by atoms with van der Waals surface area (Å²) in [5.74, 6) is 0.514.